The number of aromatic nitrogens is 1. The minimum atomic E-state index is -4.89. The third-order valence-corrected chi connectivity index (χ3v) is 4.00. The van der Waals surface area contributed by atoms with Gasteiger partial charge in [-0.2, -0.15) is 4.99 Å². The van der Waals surface area contributed by atoms with E-state index in [1.54, 1.807) is 5.38 Å². The lowest BCUT2D eigenvalue weighted by atomic mass is 10.2. The largest absolute Gasteiger partial charge is 0.573 e. The van der Waals surface area contributed by atoms with Crippen LogP contribution in [0.15, 0.2) is 22.5 Å². The molecular weight excluding hydrogens is 454 g/mol. The number of alkyl halides is 3. The minimum absolute atomic E-state index is 0. The predicted octanol–water partition coefficient (Wildman–Crippen LogP) is 3.86. The van der Waals surface area contributed by atoms with Crippen molar-refractivity contribution in [3.63, 3.8) is 0 Å². The number of benzene rings is 1. The molecule has 0 aliphatic carbocycles. The van der Waals surface area contributed by atoms with E-state index in [-0.39, 0.29) is 45.7 Å². The summed E-state index contributed by atoms with van der Waals surface area (Å²) >= 11 is 12.9. The molecule has 0 aliphatic heterocycles. The number of guanidine groups is 1. The zero-order valence-corrected chi connectivity index (χ0v) is 16.2. The summed E-state index contributed by atoms with van der Waals surface area (Å²) in [6.45, 7) is 0. The molecule has 0 spiro atoms. The molecule has 7 nitrogen and oxygen atoms in total. The molecule has 5 N–H and O–H groups in total. The monoisotopic (exact) mass is 463 g/mol. The molecule has 1 amide bonds. The number of hydrogen-bond donors (Lipinski definition) is 3. The van der Waals surface area contributed by atoms with Gasteiger partial charge in [-0.05, 0) is 0 Å². The Morgan fingerprint density at radius 3 is 2.41 bits per heavy atom. The number of rotatable bonds is 5. The summed E-state index contributed by atoms with van der Waals surface area (Å²) in [7, 11) is 0. The van der Waals surface area contributed by atoms with E-state index in [2.05, 4.69) is 20.0 Å². The van der Waals surface area contributed by atoms with Crippen molar-refractivity contribution in [1.82, 2.24) is 4.98 Å². The first-order valence-corrected chi connectivity index (χ1v) is 8.25. The van der Waals surface area contributed by atoms with Gasteiger partial charge in [0.15, 0.2) is 5.96 Å². The number of carbonyl (C=O) groups is 1. The third-order valence-electron chi connectivity index (χ3n) is 2.62. The van der Waals surface area contributed by atoms with Crippen LogP contribution in [-0.4, -0.2) is 23.2 Å². The predicted molar refractivity (Wildman–Crippen MR) is 100 cm³/mol. The highest BCUT2D eigenvalue weighted by molar-refractivity contribution is 7.13. The highest BCUT2D eigenvalue weighted by Crippen LogP contribution is 2.36. The maximum Gasteiger partial charge on any atom is 0.573 e. The fourth-order valence-electron chi connectivity index (χ4n) is 1.75. The first-order chi connectivity index (χ1) is 12.0. The topological polar surface area (TPSA) is 116 Å². The van der Waals surface area contributed by atoms with Gasteiger partial charge in [0, 0.05) is 17.5 Å². The van der Waals surface area contributed by atoms with Crippen LogP contribution in [0.1, 0.15) is 5.69 Å². The summed E-state index contributed by atoms with van der Waals surface area (Å²) in [6.07, 6.45) is -5.04. The molecule has 27 heavy (non-hydrogen) atoms. The van der Waals surface area contributed by atoms with Crippen LogP contribution < -0.4 is 21.5 Å². The molecule has 0 fully saturated rings. The van der Waals surface area contributed by atoms with E-state index >= 15 is 0 Å². The van der Waals surface area contributed by atoms with Crippen LogP contribution in [-0.2, 0) is 11.2 Å². The Labute approximate surface area is 170 Å². The number of hydrogen-bond acceptors (Lipinski definition) is 5. The highest BCUT2D eigenvalue weighted by atomic mass is 35.5. The van der Waals surface area contributed by atoms with E-state index in [4.69, 9.17) is 34.7 Å². The van der Waals surface area contributed by atoms with Gasteiger partial charge >= 0.3 is 6.36 Å². The summed E-state index contributed by atoms with van der Waals surface area (Å²) in [6, 6.07) is 1.77. The van der Waals surface area contributed by atoms with E-state index in [1.165, 1.54) is 0 Å². The number of nitrogens with two attached hydrogens (primary N) is 2. The van der Waals surface area contributed by atoms with Gasteiger partial charge in [0.2, 0.25) is 11.0 Å². The standard InChI is InChI=1S/C13H10Cl2F3N5O2S.ClH/c14-7-2-6(25-13(16,17)18)3-8(15)10(7)22-9(24)1-5-4-26-12(21-5)23-11(19)20;/h2-4H,1H2,(H,22,24)(H4,19,20,21,23);1H. The normalized spacial score (nSPS) is 10.7. The Morgan fingerprint density at radius 1 is 1.30 bits per heavy atom. The number of carbonyl (C=O) groups excluding carboxylic acids is 1. The van der Waals surface area contributed by atoms with Crippen LogP contribution >= 0.6 is 46.9 Å². The second-order valence-corrected chi connectivity index (χ2v) is 6.34. The van der Waals surface area contributed by atoms with Crippen molar-refractivity contribution in [3.8, 4) is 5.75 Å². The zero-order chi connectivity index (χ0) is 19.5. The van der Waals surface area contributed by atoms with Gasteiger partial charge in [-0.3, -0.25) is 4.79 Å². The summed E-state index contributed by atoms with van der Waals surface area (Å²) in [4.78, 5) is 19.8. The lowest BCUT2D eigenvalue weighted by molar-refractivity contribution is -0.274. The van der Waals surface area contributed by atoms with Crippen molar-refractivity contribution in [3.05, 3.63) is 33.3 Å². The van der Waals surface area contributed by atoms with E-state index < -0.39 is 18.0 Å². The molecule has 0 atom stereocenters. The SMILES string of the molecule is Cl.NC(N)=Nc1nc(CC(=O)Nc2c(Cl)cc(OC(F)(F)F)cc2Cl)cs1. The maximum atomic E-state index is 12.2. The van der Waals surface area contributed by atoms with E-state index in [0.717, 1.165) is 23.5 Å². The summed E-state index contributed by atoms with van der Waals surface area (Å²) in [5.74, 6) is -1.32. The highest BCUT2D eigenvalue weighted by Gasteiger charge is 2.31. The quantitative estimate of drug-likeness (QED) is 0.459. The Hall–Kier alpha value is -1.95. The smallest absolute Gasteiger partial charge is 0.406 e. The van der Waals surface area contributed by atoms with Crippen molar-refractivity contribution in [1.29, 1.82) is 0 Å². The second-order valence-electron chi connectivity index (χ2n) is 4.69. The van der Waals surface area contributed by atoms with Crippen LogP contribution in [0.25, 0.3) is 0 Å². The number of halogens is 6. The van der Waals surface area contributed by atoms with Crippen molar-refractivity contribution in [2.75, 3.05) is 5.32 Å². The number of aliphatic imine (C=N–C) groups is 1. The van der Waals surface area contributed by atoms with Gasteiger partial charge in [-0.1, -0.05) is 23.2 Å². The van der Waals surface area contributed by atoms with Crippen molar-refractivity contribution in [2.45, 2.75) is 12.8 Å². The maximum absolute atomic E-state index is 12.2. The molecule has 0 saturated heterocycles. The minimum Gasteiger partial charge on any atom is -0.406 e. The van der Waals surface area contributed by atoms with Crippen molar-refractivity contribution >= 4 is 69.6 Å². The molecule has 0 radical (unpaired) electrons. The summed E-state index contributed by atoms with van der Waals surface area (Å²) in [5, 5.41) is 3.82. The van der Waals surface area contributed by atoms with Gasteiger partial charge < -0.3 is 21.5 Å². The number of ether oxygens (including phenoxy) is 1. The molecular formula is C13H11Cl3F3N5O2S. The fourth-order valence-corrected chi connectivity index (χ4v) is 3.02. The van der Waals surface area contributed by atoms with Crippen LogP contribution in [0.3, 0.4) is 0 Å². The number of amides is 1. The van der Waals surface area contributed by atoms with Crippen molar-refractivity contribution < 1.29 is 22.7 Å². The molecule has 0 unspecified atom stereocenters. The average Bonchev–Trinajstić information content (AvgIpc) is 2.87. The lowest BCUT2D eigenvalue weighted by Gasteiger charge is -2.13. The van der Waals surface area contributed by atoms with E-state index in [9.17, 15) is 18.0 Å². The molecule has 0 bridgehead atoms. The van der Waals surface area contributed by atoms with Gasteiger partial charge in [-0.25, -0.2) is 4.98 Å². The molecule has 2 rings (SSSR count). The molecule has 1 heterocycles. The Morgan fingerprint density at radius 2 is 1.89 bits per heavy atom. The first kappa shape index (κ1) is 23.1. The molecule has 0 aliphatic rings. The average molecular weight is 465 g/mol. The molecule has 14 heteroatoms. The second kappa shape index (κ2) is 9.31. The van der Waals surface area contributed by atoms with Crippen LogP contribution in [0.5, 0.6) is 5.75 Å². The fraction of sp³-hybridized carbons (Fsp3) is 0.154. The zero-order valence-electron chi connectivity index (χ0n) is 13.0. The molecule has 1 aromatic carbocycles. The van der Waals surface area contributed by atoms with E-state index in [0.29, 0.717) is 5.69 Å². The van der Waals surface area contributed by atoms with Crippen LogP contribution in [0.4, 0.5) is 24.0 Å². The first-order valence-electron chi connectivity index (χ1n) is 6.62. The molecule has 2 aromatic rings. The van der Waals surface area contributed by atoms with Crippen LogP contribution in [0.2, 0.25) is 10.0 Å². The number of thiazole rings is 1. The Balaban J connectivity index is 0.00000364. The lowest BCUT2D eigenvalue weighted by Crippen LogP contribution is -2.21. The Kier molecular flexibility index (Phi) is 7.96. The van der Waals surface area contributed by atoms with Gasteiger partial charge in [0.25, 0.3) is 0 Å². The third kappa shape index (κ3) is 7.29. The van der Waals surface area contributed by atoms with Gasteiger partial charge in [0.05, 0.1) is 27.8 Å². The molecule has 0 saturated carbocycles. The van der Waals surface area contributed by atoms with Crippen molar-refractivity contribution in [2.24, 2.45) is 16.5 Å². The van der Waals surface area contributed by atoms with Crippen LogP contribution in [0, 0.1) is 0 Å². The molecule has 1 aromatic heterocycles. The number of nitrogens with zero attached hydrogens (tertiary/aromatic N) is 2. The summed E-state index contributed by atoms with van der Waals surface area (Å²) in [5.41, 5.74) is 10.8. The number of nitrogens with one attached hydrogen (secondary N) is 1. The van der Waals surface area contributed by atoms with Gasteiger partial charge in [0.1, 0.15) is 5.75 Å². The van der Waals surface area contributed by atoms with Gasteiger partial charge in [-0.15, -0.1) is 36.9 Å². The van der Waals surface area contributed by atoms with E-state index in [1.807, 2.05) is 0 Å². The molecule has 148 valence electrons. The number of anilines is 1. The Bertz CT molecular complexity index is 833. The summed E-state index contributed by atoms with van der Waals surface area (Å²) < 4.78 is 40.4.